The summed E-state index contributed by atoms with van der Waals surface area (Å²) in [5.74, 6) is 0. The van der Waals surface area contributed by atoms with Crippen LogP contribution in [0.25, 0.3) is 0 Å². The Labute approximate surface area is 126 Å². The van der Waals surface area contributed by atoms with Crippen LogP contribution in [-0.2, 0) is 0 Å². The molecule has 4 heteroatoms. The van der Waals surface area contributed by atoms with Gasteiger partial charge in [-0.05, 0) is 50.9 Å². The van der Waals surface area contributed by atoms with E-state index in [1.807, 2.05) is 0 Å². The van der Waals surface area contributed by atoms with Gasteiger partial charge in [-0.1, -0.05) is 40.0 Å². The fourth-order valence-corrected chi connectivity index (χ4v) is 3.06. The van der Waals surface area contributed by atoms with Crippen LogP contribution >= 0.6 is 0 Å². The van der Waals surface area contributed by atoms with Crippen molar-refractivity contribution in [1.29, 1.82) is 0 Å². The van der Waals surface area contributed by atoms with Crippen molar-refractivity contribution < 1.29 is 17.6 Å². The Morgan fingerprint density at radius 2 is 1.10 bits per heavy atom. The van der Waals surface area contributed by atoms with E-state index in [4.69, 9.17) is 0 Å². The van der Waals surface area contributed by atoms with Gasteiger partial charge in [0.05, 0.1) is 5.41 Å². The summed E-state index contributed by atoms with van der Waals surface area (Å²) in [7, 11) is 0. The lowest BCUT2D eigenvalue weighted by Crippen LogP contribution is -2.36. The zero-order valence-corrected chi connectivity index (χ0v) is 13.9. The predicted molar refractivity (Wildman–Crippen MR) is 79.0 cm³/mol. The summed E-state index contributed by atoms with van der Waals surface area (Å²) in [6, 6.07) is 0. The average molecular weight is 310 g/mol. The molecule has 0 unspecified atom stereocenters. The summed E-state index contributed by atoms with van der Waals surface area (Å²) < 4.78 is 50.2. The smallest absolute Gasteiger partial charge is 0.244 e. The number of alkyl halides is 4. The molecule has 0 heterocycles. The summed E-state index contributed by atoms with van der Waals surface area (Å²) in [5.41, 5.74) is -1.85. The predicted octanol–water partition coefficient (Wildman–Crippen LogP) is 6.83. The van der Waals surface area contributed by atoms with E-state index in [2.05, 4.69) is 13.8 Å². The van der Waals surface area contributed by atoms with E-state index >= 15 is 0 Å². The van der Waals surface area contributed by atoms with Gasteiger partial charge in [0.1, 0.15) is 5.67 Å². The summed E-state index contributed by atoms with van der Waals surface area (Å²) in [6.07, 6.45) is 2.65. The maximum absolute atomic E-state index is 13.2. The van der Waals surface area contributed by atoms with E-state index in [1.54, 1.807) is 6.92 Å². The fraction of sp³-hybridized carbons (Fsp3) is 1.00. The molecule has 21 heavy (non-hydrogen) atoms. The molecule has 2 saturated carbocycles. The molecule has 0 spiro atoms. The van der Waals surface area contributed by atoms with Crippen molar-refractivity contribution in [3.63, 3.8) is 0 Å². The van der Waals surface area contributed by atoms with Gasteiger partial charge in [-0.2, -0.15) is 13.2 Å². The minimum atomic E-state index is -3.99. The molecule has 0 nitrogen and oxygen atoms in total. The first-order chi connectivity index (χ1) is 9.37. The molecule has 0 radical (unpaired) electrons. The second-order valence-corrected chi connectivity index (χ2v) is 8.20. The Morgan fingerprint density at radius 3 is 1.38 bits per heavy atom. The van der Waals surface area contributed by atoms with Crippen LogP contribution in [0.1, 0.15) is 85.5 Å². The summed E-state index contributed by atoms with van der Waals surface area (Å²) in [5, 5.41) is 0. The van der Waals surface area contributed by atoms with Crippen LogP contribution in [0.2, 0.25) is 0 Å². The van der Waals surface area contributed by atoms with Gasteiger partial charge < -0.3 is 0 Å². The third-order valence-electron chi connectivity index (χ3n) is 5.29. The standard InChI is InChI=1S/C9H17F.C8H13F3/c1-8(2)4-6-9(3,10)7-5-8;1-7(8(9,10)11)5-3-2-4-6-7/h4-7H2,1-3H3;2-6H2,1H3. The Kier molecular flexibility index (Phi) is 5.77. The topological polar surface area (TPSA) is 0 Å². The van der Waals surface area contributed by atoms with Crippen molar-refractivity contribution >= 4 is 0 Å². The lowest BCUT2D eigenvalue weighted by molar-refractivity contribution is -0.227. The Balaban J connectivity index is 0.000000211. The maximum Gasteiger partial charge on any atom is 0.394 e. The number of halogens is 4. The van der Waals surface area contributed by atoms with Gasteiger partial charge in [0.25, 0.3) is 0 Å². The second-order valence-electron chi connectivity index (χ2n) is 8.20. The Bertz CT molecular complexity index is 294. The Morgan fingerprint density at radius 1 is 0.667 bits per heavy atom. The van der Waals surface area contributed by atoms with E-state index in [-0.39, 0.29) is 0 Å². The second kappa shape index (κ2) is 6.45. The van der Waals surface area contributed by atoms with E-state index in [0.29, 0.717) is 18.3 Å². The van der Waals surface area contributed by atoms with Crippen molar-refractivity contribution in [2.45, 2.75) is 97.3 Å². The Hall–Kier alpha value is -0.280. The fourth-order valence-electron chi connectivity index (χ4n) is 3.06. The molecule has 0 aromatic carbocycles. The number of hydrogen-bond acceptors (Lipinski definition) is 0. The summed E-state index contributed by atoms with van der Waals surface area (Å²) in [6.45, 7) is 7.51. The summed E-state index contributed by atoms with van der Waals surface area (Å²) in [4.78, 5) is 0. The normalized spacial score (nSPS) is 27.4. The molecule has 2 aliphatic rings. The van der Waals surface area contributed by atoms with Crippen molar-refractivity contribution in [2.75, 3.05) is 0 Å². The highest BCUT2D eigenvalue weighted by Gasteiger charge is 2.50. The van der Waals surface area contributed by atoms with Crippen LogP contribution in [-0.4, -0.2) is 11.8 Å². The quantitative estimate of drug-likeness (QED) is 0.430. The first-order valence-corrected chi connectivity index (χ1v) is 8.13. The van der Waals surface area contributed by atoms with Crippen molar-refractivity contribution in [2.24, 2.45) is 10.8 Å². The van der Waals surface area contributed by atoms with Crippen molar-refractivity contribution in [3.8, 4) is 0 Å². The molecule has 0 atom stereocenters. The largest absolute Gasteiger partial charge is 0.394 e. The van der Waals surface area contributed by atoms with Gasteiger partial charge in [-0.25, -0.2) is 4.39 Å². The molecule has 2 aliphatic carbocycles. The van der Waals surface area contributed by atoms with Gasteiger partial charge in [-0.15, -0.1) is 0 Å². The van der Waals surface area contributed by atoms with Crippen molar-refractivity contribution in [1.82, 2.24) is 0 Å². The molecule has 0 aromatic heterocycles. The highest BCUT2D eigenvalue weighted by molar-refractivity contribution is 4.86. The molecular formula is C17H30F4. The first kappa shape index (κ1) is 18.8. The number of hydrogen-bond donors (Lipinski definition) is 0. The molecule has 0 bridgehead atoms. The van der Waals surface area contributed by atoms with Crippen molar-refractivity contribution in [3.05, 3.63) is 0 Å². The average Bonchev–Trinajstić information content (AvgIpc) is 2.34. The zero-order chi connectivity index (χ0) is 16.4. The molecule has 0 aromatic rings. The monoisotopic (exact) mass is 310 g/mol. The van der Waals surface area contributed by atoms with E-state index in [1.165, 1.54) is 6.92 Å². The molecule has 0 amide bonds. The zero-order valence-electron chi connectivity index (χ0n) is 13.9. The molecule has 0 N–H and O–H groups in total. The van der Waals surface area contributed by atoms with Gasteiger partial charge in [-0.3, -0.25) is 0 Å². The highest BCUT2D eigenvalue weighted by atomic mass is 19.4. The third-order valence-corrected chi connectivity index (χ3v) is 5.29. The SMILES string of the molecule is CC1(C(F)(F)F)CCCCC1.CC1(C)CCC(C)(F)CC1. The molecule has 126 valence electrons. The first-order valence-electron chi connectivity index (χ1n) is 8.13. The van der Waals surface area contributed by atoms with Gasteiger partial charge in [0.15, 0.2) is 0 Å². The van der Waals surface area contributed by atoms with Gasteiger partial charge in [0, 0.05) is 0 Å². The van der Waals surface area contributed by atoms with Crippen LogP contribution in [0, 0.1) is 10.8 Å². The minimum Gasteiger partial charge on any atom is -0.244 e. The number of rotatable bonds is 0. The molecule has 2 rings (SSSR count). The third kappa shape index (κ3) is 5.78. The molecule has 2 fully saturated rings. The van der Waals surface area contributed by atoms with Crippen LogP contribution < -0.4 is 0 Å². The highest BCUT2D eigenvalue weighted by Crippen LogP contribution is 2.48. The molecule has 0 saturated heterocycles. The summed E-state index contributed by atoms with van der Waals surface area (Å²) >= 11 is 0. The van der Waals surface area contributed by atoms with E-state index in [9.17, 15) is 17.6 Å². The van der Waals surface area contributed by atoms with Crippen LogP contribution in [0.3, 0.4) is 0 Å². The lowest BCUT2D eigenvalue weighted by atomic mass is 9.72. The molecule has 0 aliphatic heterocycles. The van der Waals surface area contributed by atoms with Crippen LogP contribution in [0.4, 0.5) is 17.6 Å². The van der Waals surface area contributed by atoms with Gasteiger partial charge >= 0.3 is 6.18 Å². The van der Waals surface area contributed by atoms with E-state index < -0.39 is 17.3 Å². The molecular weight excluding hydrogens is 280 g/mol. The van der Waals surface area contributed by atoms with E-state index in [0.717, 1.165) is 44.9 Å². The van der Waals surface area contributed by atoms with Gasteiger partial charge in [0.2, 0.25) is 0 Å². The maximum atomic E-state index is 13.2. The lowest BCUT2D eigenvalue weighted by Gasteiger charge is -2.36. The van der Waals surface area contributed by atoms with Crippen LogP contribution in [0.5, 0.6) is 0 Å². The van der Waals surface area contributed by atoms with Crippen LogP contribution in [0.15, 0.2) is 0 Å². The minimum absolute atomic E-state index is 0.316.